The summed E-state index contributed by atoms with van der Waals surface area (Å²) in [6, 6.07) is 0. The SMILES string of the molecule is C[C@]12CC[C@H](O)CC1=CC[C@@H]1[C@@H]2CC[C@]2(C)C(=O)C(=NO)C[C@@H]12. The lowest BCUT2D eigenvalue weighted by atomic mass is 9.48. The molecule has 126 valence electrons. The van der Waals surface area contributed by atoms with Gasteiger partial charge in [-0.1, -0.05) is 30.7 Å². The molecule has 0 unspecified atom stereocenters. The van der Waals surface area contributed by atoms with Crippen LogP contribution in [0.5, 0.6) is 0 Å². The summed E-state index contributed by atoms with van der Waals surface area (Å²) in [5, 5.41) is 22.5. The molecule has 4 nitrogen and oxygen atoms in total. The van der Waals surface area contributed by atoms with Gasteiger partial charge in [0, 0.05) is 11.8 Å². The Morgan fingerprint density at radius 1 is 1.13 bits per heavy atom. The Morgan fingerprint density at radius 2 is 1.87 bits per heavy atom. The topological polar surface area (TPSA) is 69.9 Å². The van der Waals surface area contributed by atoms with Gasteiger partial charge in [-0.2, -0.15) is 0 Å². The lowest BCUT2D eigenvalue weighted by molar-refractivity contribution is -0.128. The number of allylic oxidation sites excluding steroid dienone is 1. The highest BCUT2D eigenvalue weighted by molar-refractivity contribution is 6.43. The van der Waals surface area contributed by atoms with Crippen LogP contribution >= 0.6 is 0 Å². The second-order valence-corrected chi connectivity index (χ2v) is 8.69. The van der Waals surface area contributed by atoms with E-state index in [0.29, 0.717) is 29.9 Å². The summed E-state index contributed by atoms with van der Waals surface area (Å²) >= 11 is 0. The third-order valence-electron chi connectivity index (χ3n) is 7.78. The van der Waals surface area contributed by atoms with Crippen molar-refractivity contribution in [3.8, 4) is 0 Å². The van der Waals surface area contributed by atoms with Crippen LogP contribution in [0.2, 0.25) is 0 Å². The predicted octanol–water partition coefficient (Wildman–Crippen LogP) is 3.32. The molecule has 0 amide bonds. The van der Waals surface area contributed by atoms with Gasteiger partial charge in [0.15, 0.2) is 5.78 Å². The predicted molar refractivity (Wildman–Crippen MR) is 87.3 cm³/mol. The van der Waals surface area contributed by atoms with Gasteiger partial charge < -0.3 is 10.3 Å². The molecule has 23 heavy (non-hydrogen) atoms. The van der Waals surface area contributed by atoms with E-state index in [1.165, 1.54) is 5.57 Å². The van der Waals surface area contributed by atoms with E-state index in [1.54, 1.807) is 0 Å². The number of rotatable bonds is 0. The van der Waals surface area contributed by atoms with Gasteiger partial charge in [0.1, 0.15) is 5.71 Å². The van der Waals surface area contributed by atoms with E-state index in [-0.39, 0.29) is 22.7 Å². The molecule has 4 aliphatic rings. The van der Waals surface area contributed by atoms with Crippen LogP contribution in [0.3, 0.4) is 0 Å². The number of aliphatic hydroxyl groups is 1. The van der Waals surface area contributed by atoms with E-state index in [4.69, 9.17) is 0 Å². The molecule has 0 bridgehead atoms. The number of carbonyl (C=O) groups excluding carboxylic acids is 1. The quantitative estimate of drug-likeness (QED) is 0.409. The Hall–Kier alpha value is -1.16. The van der Waals surface area contributed by atoms with Gasteiger partial charge in [0.2, 0.25) is 0 Å². The second kappa shape index (κ2) is 4.92. The molecule has 4 rings (SSSR count). The largest absolute Gasteiger partial charge is 0.411 e. The highest BCUT2D eigenvalue weighted by Gasteiger charge is 2.60. The van der Waals surface area contributed by atoms with Gasteiger partial charge in [-0.05, 0) is 61.7 Å². The van der Waals surface area contributed by atoms with E-state index in [0.717, 1.165) is 38.5 Å². The minimum Gasteiger partial charge on any atom is -0.411 e. The van der Waals surface area contributed by atoms with Crippen molar-refractivity contribution in [1.82, 2.24) is 0 Å². The monoisotopic (exact) mass is 317 g/mol. The number of oxime groups is 1. The van der Waals surface area contributed by atoms with Crippen molar-refractivity contribution in [2.75, 3.05) is 0 Å². The Labute approximate surface area is 137 Å². The standard InChI is InChI=1S/C19H27NO3/c1-18-7-5-12(21)9-11(18)3-4-13-14(18)6-8-19(2)15(13)10-16(20-23)17(19)22/h3,12-15,21,23H,4-10H2,1-2H3/t12-,13+,14-,15-,18-,19-/m0/s1. The fourth-order valence-electron chi connectivity index (χ4n) is 6.34. The highest BCUT2D eigenvalue weighted by Crippen LogP contribution is 2.63. The Balaban J connectivity index is 1.71. The molecule has 0 heterocycles. The Kier molecular flexibility index (Phi) is 3.29. The average molecular weight is 317 g/mol. The van der Waals surface area contributed by atoms with E-state index in [9.17, 15) is 15.1 Å². The molecule has 0 radical (unpaired) electrons. The smallest absolute Gasteiger partial charge is 0.186 e. The van der Waals surface area contributed by atoms with Crippen molar-refractivity contribution in [2.45, 2.75) is 64.9 Å². The van der Waals surface area contributed by atoms with Crippen molar-refractivity contribution in [3.63, 3.8) is 0 Å². The zero-order valence-electron chi connectivity index (χ0n) is 14.1. The molecule has 6 atom stereocenters. The van der Waals surface area contributed by atoms with Crippen LogP contribution in [0.4, 0.5) is 0 Å². The van der Waals surface area contributed by atoms with Crippen LogP contribution in [0.15, 0.2) is 16.8 Å². The van der Waals surface area contributed by atoms with E-state index in [2.05, 4.69) is 25.1 Å². The van der Waals surface area contributed by atoms with Gasteiger partial charge >= 0.3 is 0 Å². The molecule has 3 fully saturated rings. The van der Waals surface area contributed by atoms with Crippen LogP contribution in [0.25, 0.3) is 0 Å². The molecular formula is C19H27NO3. The van der Waals surface area contributed by atoms with Crippen molar-refractivity contribution >= 4 is 11.5 Å². The molecule has 0 aromatic heterocycles. The molecule has 4 heteroatoms. The van der Waals surface area contributed by atoms with E-state index < -0.39 is 0 Å². The van der Waals surface area contributed by atoms with Gasteiger partial charge in [0.25, 0.3) is 0 Å². The first-order chi connectivity index (χ1) is 10.9. The number of hydrogen-bond acceptors (Lipinski definition) is 4. The molecule has 3 saturated carbocycles. The van der Waals surface area contributed by atoms with Crippen LogP contribution < -0.4 is 0 Å². The number of carbonyl (C=O) groups is 1. The number of fused-ring (bicyclic) bond motifs is 5. The maximum atomic E-state index is 12.6. The Bertz CT molecular complexity index is 610. The fourth-order valence-corrected chi connectivity index (χ4v) is 6.34. The lowest BCUT2D eigenvalue weighted by Crippen LogP contribution is -2.50. The summed E-state index contributed by atoms with van der Waals surface area (Å²) < 4.78 is 0. The number of Topliss-reactive ketones (excluding diaryl/α,β-unsaturated/α-hetero) is 1. The number of nitrogens with zero attached hydrogens (tertiary/aromatic N) is 1. The van der Waals surface area contributed by atoms with E-state index in [1.807, 2.05) is 0 Å². The third kappa shape index (κ3) is 1.93. The number of aliphatic hydroxyl groups excluding tert-OH is 1. The molecule has 0 spiro atoms. The fraction of sp³-hybridized carbons (Fsp3) is 0.789. The lowest BCUT2D eigenvalue weighted by Gasteiger charge is -2.56. The minimum absolute atomic E-state index is 0.0717. The molecule has 4 aliphatic carbocycles. The summed E-state index contributed by atoms with van der Waals surface area (Å²) in [5.74, 6) is 1.48. The van der Waals surface area contributed by atoms with Crippen LogP contribution in [0.1, 0.15) is 58.8 Å². The first-order valence-electron chi connectivity index (χ1n) is 9.03. The van der Waals surface area contributed by atoms with Crippen molar-refractivity contribution in [3.05, 3.63) is 11.6 Å². The summed E-state index contributed by atoms with van der Waals surface area (Å²) in [6.07, 6.45) is 8.57. The van der Waals surface area contributed by atoms with Crippen molar-refractivity contribution in [1.29, 1.82) is 0 Å². The Morgan fingerprint density at radius 3 is 2.61 bits per heavy atom. The zero-order valence-corrected chi connectivity index (χ0v) is 14.1. The third-order valence-corrected chi connectivity index (χ3v) is 7.78. The van der Waals surface area contributed by atoms with Crippen LogP contribution in [-0.4, -0.2) is 27.9 Å². The molecule has 0 aliphatic heterocycles. The molecular weight excluding hydrogens is 290 g/mol. The normalized spacial score (nSPS) is 51.0. The van der Waals surface area contributed by atoms with Gasteiger partial charge in [-0.15, -0.1) is 0 Å². The van der Waals surface area contributed by atoms with Crippen LogP contribution in [0, 0.1) is 28.6 Å². The average Bonchev–Trinajstić information content (AvgIpc) is 2.79. The summed E-state index contributed by atoms with van der Waals surface area (Å²) in [6.45, 7) is 4.46. The molecule has 0 aromatic carbocycles. The maximum Gasteiger partial charge on any atom is 0.186 e. The second-order valence-electron chi connectivity index (χ2n) is 8.69. The van der Waals surface area contributed by atoms with E-state index >= 15 is 0 Å². The molecule has 0 saturated heterocycles. The minimum atomic E-state index is -0.335. The zero-order chi connectivity index (χ0) is 16.4. The number of hydrogen-bond donors (Lipinski definition) is 2. The number of ketones is 1. The summed E-state index contributed by atoms with van der Waals surface area (Å²) in [7, 11) is 0. The highest BCUT2D eigenvalue weighted by atomic mass is 16.4. The van der Waals surface area contributed by atoms with Crippen LogP contribution in [-0.2, 0) is 4.79 Å². The molecule has 0 aromatic rings. The first kappa shape index (κ1) is 15.4. The first-order valence-corrected chi connectivity index (χ1v) is 9.03. The van der Waals surface area contributed by atoms with Crippen molar-refractivity contribution in [2.24, 2.45) is 33.7 Å². The van der Waals surface area contributed by atoms with Gasteiger partial charge in [0.05, 0.1) is 6.10 Å². The summed E-state index contributed by atoms with van der Waals surface area (Å²) in [4.78, 5) is 12.6. The maximum absolute atomic E-state index is 12.6. The van der Waals surface area contributed by atoms with Gasteiger partial charge in [-0.3, -0.25) is 4.79 Å². The van der Waals surface area contributed by atoms with Gasteiger partial charge in [-0.25, -0.2) is 0 Å². The van der Waals surface area contributed by atoms with Crippen molar-refractivity contribution < 1.29 is 15.1 Å². The molecule has 2 N–H and O–H groups in total. The summed E-state index contributed by atoms with van der Waals surface area (Å²) in [5.41, 5.74) is 1.68.